The molecule has 0 bridgehead atoms. The number of non-ortho nitro benzene ring substituents is 1. The minimum atomic E-state index is -0.743. The van der Waals surface area contributed by atoms with E-state index in [2.05, 4.69) is 5.32 Å². The van der Waals surface area contributed by atoms with E-state index in [-0.39, 0.29) is 17.3 Å². The molecule has 0 fully saturated rings. The van der Waals surface area contributed by atoms with Crippen molar-refractivity contribution in [3.63, 3.8) is 0 Å². The first-order valence-corrected chi connectivity index (χ1v) is 7.27. The highest BCUT2D eigenvalue weighted by Crippen LogP contribution is 2.29. The molecule has 0 radical (unpaired) electrons. The number of benzene rings is 2. The molecule has 0 aliphatic heterocycles. The van der Waals surface area contributed by atoms with Crippen LogP contribution in [0.4, 0.5) is 11.4 Å². The predicted molar refractivity (Wildman–Crippen MR) is 89.5 cm³/mol. The summed E-state index contributed by atoms with van der Waals surface area (Å²) in [5.41, 5.74) is 1.32. The number of nitrogens with zero attached hydrogens (tertiary/aromatic N) is 1. The molecule has 0 saturated heterocycles. The number of carbonyl (C=O) groups is 1. The molecule has 0 spiro atoms. The largest absolute Gasteiger partial charge is 0.494 e. The second-order valence-corrected chi connectivity index (χ2v) is 5.20. The van der Waals surface area contributed by atoms with E-state index in [1.165, 1.54) is 25.3 Å². The lowest BCUT2D eigenvalue weighted by Gasteiger charge is -2.16. The van der Waals surface area contributed by atoms with E-state index < -0.39 is 11.0 Å². The van der Waals surface area contributed by atoms with Gasteiger partial charge < -0.3 is 14.8 Å². The van der Waals surface area contributed by atoms with Crippen LogP contribution in [0.1, 0.15) is 12.5 Å². The van der Waals surface area contributed by atoms with Gasteiger partial charge >= 0.3 is 0 Å². The van der Waals surface area contributed by atoms with Gasteiger partial charge in [0.2, 0.25) is 0 Å². The fraction of sp³-hybridized carbons (Fsp3) is 0.235. The van der Waals surface area contributed by atoms with Crippen molar-refractivity contribution in [2.75, 3.05) is 12.4 Å². The van der Waals surface area contributed by atoms with E-state index in [9.17, 15) is 14.9 Å². The number of aryl methyl sites for hydroxylation is 1. The zero-order valence-corrected chi connectivity index (χ0v) is 13.6. The molecule has 1 amide bonds. The summed E-state index contributed by atoms with van der Waals surface area (Å²) in [6.07, 6.45) is -0.743. The van der Waals surface area contributed by atoms with Crippen molar-refractivity contribution in [1.29, 1.82) is 0 Å². The molecule has 0 aliphatic carbocycles. The Hall–Kier alpha value is -3.09. The zero-order valence-electron chi connectivity index (χ0n) is 13.6. The van der Waals surface area contributed by atoms with Crippen LogP contribution in [0.2, 0.25) is 0 Å². The smallest absolute Gasteiger partial charge is 0.273 e. The molecule has 24 heavy (non-hydrogen) atoms. The number of carbonyl (C=O) groups excluding carboxylic acids is 1. The van der Waals surface area contributed by atoms with E-state index in [1.54, 1.807) is 19.1 Å². The number of ether oxygens (including phenoxy) is 2. The number of hydrogen-bond acceptors (Lipinski definition) is 5. The normalized spacial score (nSPS) is 11.5. The van der Waals surface area contributed by atoms with Crippen molar-refractivity contribution in [1.82, 2.24) is 0 Å². The summed E-state index contributed by atoms with van der Waals surface area (Å²) < 4.78 is 10.7. The third-order valence-electron chi connectivity index (χ3n) is 3.36. The highest BCUT2D eigenvalue weighted by atomic mass is 16.6. The molecule has 0 aromatic heterocycles. The number of nitrogens with one attached hydrogen (secondary N) is 1. The topological polar surface area (TPSA) is 90.7 Å². The van der Waals surface area contributed by atoms with Gasteiger partial charge in [-0.15, -0.1) is 0 Å². The highest BCUT2D eigenvalue weighted by Gasteiger charge is 2.18. The Kier molecular flexibility index (Phi) is 5.36. The number of hydrogen-bond donors (Lipinski definition) is 1. The monoisotopic (exact) mass is 330 g/mol. The van der Waals surface area contributed by atoms with Crippen molar-refractivity contribution in [3.8, 4) is 11.5 Å². The van der Waals surface area contributed by atoms with Gasteiger partial charge in [0.15, 0.2) is 6.10 Å². The van der Waals surface area contributed by atoms with E-state index in [0.29, 0.717) is 11.4 Å². The van der Waals surface area contributed by atoms with Gasteiger partial charge in [-0.05, 0) is 32.0 Å². The molecule has 7 nitrogen and oxygen atoms in total. The molecule has 0 aliphatic rings. The number of amides is 1. The first-order valence-electron chi connectivity index (χ1n) is 7.27. The number of anilines is 1. The average Bonchev–Trinajstić information content (AvgIpc) is 2.56. The molecular weight excluding hydrogens is 312 g/mol. The second-order valence-electron chi connectivity index (χ2n) is 5.20. The molecular formula is C17H18N2O5. The summed E-state index contributed by atoms with van der Waals surface area (Å²) >= 11 is 0. The Morgan fingerprint density at radius 2 is 1.88 bits per heavy atom. The van der Waals surface area contributed by atoms with Gasteiger partial charge in [-0.2, -0.15) is 0 Å². The predicted octanol–water partition coefficient (Wildman–Crippen LogP) is 3.32. The van der Waals surface area contributed by atoms with Crippen LogP contribution in [0.25, 0.3) is 0 Å². The number of methoxy groups -OCH3 is 1. The summed E-state index contributed by atoms with van der Waals surface area (Å²) in [6.45, 7) is 3.58. The Labute approximate surface area is 139 Å². The van der Waals surface area contributed by atoms with Gasteiger partial charge in [0.25, 0.3) is 11.6 Å². The molecule has 1 N–H and O–H groups in total. The van der Waals surface area contributed by atoms with Gasteiger partial charge in [-0.3, -0.25) is 14.9 Å². The SMILES string of the molecule is COc1cc([N+](=O)[O-])ccc1NC(=O)[C@@H](C)Oc1ccc(C)cc1. The molecule has 126 valence electrons. The Morgan fingerprint density at radius 1 is 1.21 bits per heavy atom. The van der Waals surface area contributed by atoms with Crippen LogP contribution in [0.5, 0.6) is 11.5 Å². The highest BCUT2D eigenvalue weighted by molar-refractivity contribution is 5.95. The molecule has 7 heteroatoms. The summed E-state index contributed by atoms with van der Waals surface area (Å²) in [5, 5.41) is 13.4. The second kappa shape index (κ2) is 7.45. The average molecular weight is 330 g/mol. The van der Waals surface area contributed by atoms with Gasteiger partial charge in [0.05, 0.1) is 23.8 Å². The Balaban J connectivity index is 2.08. The van der Waals surface area contributed by atoms with Crippen LogP contribution in [0.15, 0.2) is 42.5 Å². The number of nitro groups is 1. The minimum absolute atomic E-state index is 0.117. The van der Waals surface area contributed by atoms with Crippen molar-refractivity contribution in [3.05, 3.63) is 58.1 Å². The fourth-order valence-corrected chi connectivity index (χ4v) is 2.01. The number of rotatable bonds is 6. The van der Waals surface area contributed by atoms with Gasteiger partial charge in [-0.1, -0.05) is 17.7 Å². The molecule has 2 aromatic carbocycles. The molecule has 2 aromatic rings. The first-order chi connectivity index (χ1) is 11.4. The van der Waals surface area contributed by atoms with E-state index in [4.69, 9.17) is 9.47 Å². The summed E-state index contributed by atoms with van der Waals surface area (Å²) in [6, 6.07) is 11.3. The quantitative estimate of drug-likeness (QED) is 0.648. The summed E-state index contributed by atoms with van der Waals surface area (Å²) in [5.74, 6) is 0.404. The maximum atomic E-state index is 12.2. The molecule has 2 rings (SSSR count). The fourth-order valence-electron chi connectivity index (χ4n) is 2.01. The Morgan fingerprint density at radius 3 is 2.46 bits per heavy atom. The van der Waals surface area contributed by atoms with Crippen molar-refractivity contribution >= 4 is 17.3 Å². The molecule has 0 heterocycles. The van der Waals surface area contributed by atoms with Crippen molar-refractivity contribution in [2.24, 2.45) is 0 Å². The van der Waals surface area contributed by atoms with Crippen LogP contribution in [0.3, 0.4) is 0 Å². The summed E-state index contributed by atoms with van der Waals surface area (Å²) in [4.78, 5) is 22.5. The zero-order chi connectivity index (χ0) is 17.7. The summed E-state index contributed by atoms with van der Waals surface area (Å²) in [7, 11) is 1.38. The maximum absolute atomic E-state index is 12.2. The molecule has 0 saturated carbocycles. The minimum Gasteiger partial charge on any atom is -0.494 e. The lowest BCUT2D eigenvalue weighted by Crippen LogP contribution is -2.30. The van der Waals surface area contributed by atoms with Crippen LogP contribution in [-0.2, 0) is 4.79 Å². The first kappa shape index (κ1) is 17.3. The third-order valence-corrected chi connectivity index (χ3v) is 3.36. The lowest BCUT2D eigenvalue weighted by molar-refractivity contribution is -0.384. The molecule has 0 unspecified atom stereocenters. The van der Waals surface area contributed by atoms with E-state index in [1.807, 2.05) is 19.1 Å². The van der Waals surface area contributed by atoms with Crippen LogP contribution < -0.4 is 14.8 Å². The van der Waals surface area contributed by atoms with Crippen LogP contribution in [0, 0.1) is 17.0 Å². The van der Waals surface area contributed by atoms with Gasteiger partial charge in [0.1, 0.15) is 11.5 Å². The number of nitro benzene ring substituents is 1. The van der Waals surface area contributed by atoms with Crippen molar-refractivity contribution < 1.29 is 19.2 Å². The molecule has 1 atom stereocenters. The van der Waals surface area contributed by atoms with Gasteiger partial charge in [-0.25, -0.2) is 0 Å². The van der Waals surface area contributed by atoms with Crippen molar-refractivity contribution in [2.45, 2.75) is 20.0 Å². The lowest BCUT2D eigenvalue weighted by atomic mass is 10.2. The van der Waals surface area contributed by atoms with Crippen LogP contribution >= 0.6 is 0 Å². The van der Waals surface area contributed by atoms with E-state index >= 15 is 0 Å². The maximum Gasteiger partial charge on any atom is 0.273 e. The third kappa shape index (κ3) is 4.22. The van der Waals surface area contributed by atoms with Gasteiger partial charge in [0, 0.05) is 6.07 Å². The van der Waals surface area contributed by atoms with Crippen LogP contribution in [-0.4, -0.2) is 24.0 Å². The van der Waals surface area contributed by atoms with E-state index in [0.717, 1.165) is 5.56 Å². The standard InChI is InChI=1S/C17H18N2O5/c1-11-4-7-14(8-5-11)24-12(2)17(20)18-15-9-6-13(19(21)22)10-16(15)23-3/h4-10,12H,1-3H3,(H,18,20)/t12-/m1/s1. The Bertz CT molecular complexity index is 743.